The van der Waals surface area contributed by atoms with Crippen molar-refractivity contribution < 1.29 is 14.6 Å². The lowest BCUT2D eigenvalue weighted by Crippen LogP contribution is -2.41. The van der Waals surface area contributed by atoms with Gasteiger partial charge in [-0.25, -0.2) is 9.97 Å². The molecule has 4 aliphatic rings. The number of benzene rings is 2. The van der Waals surface area contributed by atoms with Crippen molar-refractivity contribution in [3.05, 3.63) is 64.0 Å². The minimum atomic E-state index is -0.0495. The van der Waals surface area contributed by atoms with E-state index in [1.807, 2.05) is 36.4 Å². The fourth-order valence-electron chi connectivity index (χ4n) is 6.25. The fourth-order valence-corrected chi connectivity index (χ4v) is 6.60. The number of halogens is 1. The zero-order valence-electron chi connectivity index (χ0n) is 18.4. The van der Waals surface area contributed by atoms with Crippen LogP contribution in [0.15, 0.2) is 52.8 Å². The van der Waals surface area contributed by atoms with E-state index in [1.54, 1.807) is 6.20 Å². The lowest BCUT2D eigenvalue weighted by Gasteiger charge is -2.44. The Hall–Kier alpha value is -2.73. The number of aryl methyl sites for hydroxylation is 1. The molecular formula is C27H25BrN2O3. The molecule has 7 rings (SSSR count). The summed E-state index contributed by atoms with van der Waals surface area (Å²) in [5, 5.41) is 11.3. The monoisotopic (exact) mass is 504 g/mol. The Morgan fingerprint density at radius 2 is 1.79 bits per heavy atom. The van der Waals surface area contributed by atoms with Crippen molar-refractivity contribution >= 4 is 38.3 Å². The highest BCUT2D eigenvalue weighted by Crippen LogP contribution is 2.57. The summed E-state index contributed by atoms with van der Waals surface area (Å²) in [6, 6.07) is 11.5. The summed E-state index contributed by atoms with van der Waals surface area (Å²) in [5.74, 6) is 2.18. The zero-order chi connectivity index (χ0) is 22.7. The lowest BCUT2D eigenvalue weighted by molar-refractivity contribution is -0.123. The van der Waals surface area contributed by atoms with Crippen LogP contribution >= 0.6 is 15.9 Å². The second-order valence-corrected chi connectivity index (χ2v) is 10.4. The van der Waals surface area contributed by atoms with Crippen molar-refractivity contribution in [3.8, 4) is 11.6 Å². The number of ketones is 1. The van der Waals surface area contributed by atoms with Crippen molar-refractivity contribution in [1.82, 2.24) is 9.97 Å². The van der Waals surface area contributed by atoms with E-state index in [0.717, 1.165) is 58.7 Å². The predicted octanol–water partition coefficient (Wildman–Crippen LogP) is 6.65. The van der Waals surface area contributed by atoms with Gasteiger partial charge in [0.1, 0.15) is 11.5 Å². The molecule has 3 saturated carbocycles. The molecule has 6 heteroatoms. The number of fused-ring (bicyclic) bond motifs is 3. The quantitative estimate of drug-likeness (QED) is 0.430. The van der Waals surface area contributed by atoms with E-state index >= 15 is 0 Å². The third kappa shape index (κ3) is 3.38. The maximum Gasteiger partial charge on any atom is 0.238 e. The lowest BCUT2D eigenvalue weighted by atomic mass is 9.59. The average Bonchev–Trinajstić information content (AvgIpc) is 3.11. The molecule has 2 aromatic carbocycles. The third-order valence-corrected chi connectivity index (χ3v) is 8.27. The molecule has 3 fully saturated rings. The highest BCUT2D eigenvalue weighted by Gasteiger charge is 2.54. The third-order valence-electron chi connectivity index (χ3n) is 7.78. The summed E-state index contributed by atoms with van der Waals surface area (Å²) in [7, 11) is 0. The van der Waals surface area contributed by atoms with E-state index in [-0.39, 0.29) is 17.6 Å². The Morgan fingerprint density at radius 3 is 2.52 bits per heavy atom. The van der Waals surface area contributed by atoms with Crippen LogP contribution in [0.3, 0.4) is 0 Å². The number of carbonyl (C=O) groups is 1. The largest absolute Gasteiger partial charge is 0.511 e. The van der Waals surface area contributed by atoms with Crippen LogP contribution in [-0.4, -0.2) is 20.9 Å². The Kier molecular flexibility index (Phi) is 5.02. The first-order valence-corrected chi connectivity index (χ1v) is 12.5. The molecule has 1 heterocycles. The molecule has 0 saturated heterocycles. The highest BCUT2D eigenvalue weighted by molar-refractivity contribution is 9.10. The molecule has 2 bridgehead atoms. The van der Waals surface area contributed by atoms with Crippen LogP contribution in [0.5, 0.6) is 11.6 Å². The number of aromatic nitrogens is 2. The molecular weight excluding hydrogens is 480 g/mol. The van der Waals surface area contributed by atoms with Gasteiger partial charge in [-0.05, 0) is 85.4 Å². The standard InChI is InChI=1S/C27H25BrN2O3/c1-2-14-7-9-18(33-22-13-29-20-10-8-17(28)11-21(20)30-22)12-19(14)25-26(31)23-15-3-4-16(6-5-15)24(23)27(25)32/h7-13,15-16,23-24,31H,2-6H2,1H3. The molecule has 168 valence electrons. The smallest absolute Gasteiger partial charge is 0.238 e. The van der Waals surface area contributed by atoms with Crippen LogP contribution in [0.4, 0.5) is 0 Å². The molecule has 0 spiro atoms. The molecule has 1 aromatic heterocycles. The topological polar surface area (TPSA) is 72.3 Å². The number of ether oxygens (including phenoxy) is 1. The normalized spacial score (nSPS) is 26.2. The van der Waals surface area contributed by atoms with Gasteiger partial charge in [-0.3, -0.25) is 4.79 Å². The Balaban J connectivity index is 1.38. The maximum absolute atomic E-state index is 13.6. The molecule has 33 heavy (non-hydrogen) atoms. The molecule has 5 nitrogen and oxygen atoms in total. The Labute approximate surface area is 201 Å². The first kappa shape index (κ1) is 20.8. The number of rotatable bonds is 4. The molecule has 2 unspecified atom stereocenters. The number of Topliss-reactive ketones (excluding diaryl/α,β-unsaturated/α-hetero) is 1. The van der Waals surface area contributed by atoms with E-state index in [9.17, 15) is 9.90 Å². The number of hydrogen-bond acceptors (Lipinski definition) is 5. The van der Waals surface area contributed by atoms with Gasteiger partial charge in [0.15, 0.2) is 5.78 Å². The van der Waals surface area contributed by atoms with Crippen LogP contribution in [0.2, 0.25) is 0 Å². The van der Waals surface area contributed by atoms with Gasteiger partial charge < -0.3 is 9.84 Å². The van der Waals surface area contributed by atoms with E-state index in [2.05, 4.69) is 32.8 Å². The first-order valence-electron chi connectivity index (χ1n) is 11.7. The van der Waals surface area contributed by atoms with Crippen LogP contribution in [-0.2, 0) is 11.2 Å². The summed E-state index contributed by atoms with van der Waals surface area (Å²) in [6.07, 6.45) is 6.84. The molecule has 4 aliphatic carbocycles. The summed E-state index contributed by atoms with van der Waals surface area (Å²) >= 11 is 3.47. The first-order chi connectivity index (χ1) is 16.0. The van der Waals surface area contributed by atoms with Gasteiger partial charge in [-0.1, -0.05) is 28.9 Å². The molecule has 0 aliphatic heterocycles. The predicted molar refractivity (Wildman–Crippen MR) is 130 cm³/mol. The molecule has 0 radical (unpaired) electrons. The van der Waals surface area contributed by atoms with Gasteiger partial charge in [-0.15, -0.1) is 0 Å². The van der Waals surface area contributed by atoms with E-state index in [4.69, 9.17) is 4.74 Å². The summed E-state index contributed by atoms with van der Waals surface area (Å²) in [6.45, 7) is 2.07. The summed E-state index contributed by atoms with van der Waals surface area (Å²) in [4.78, 5) is 22.6. The van der Waals surface area contributed by atoms with E-state index in [1.165, 1.54) is 0 Å². The Morgan fingerprint density at radius 1 is 1.03 bits per heavy atom. The summed E-state index contributed by atoms with van der Waals surface area (Å²) < 4.78 is 6.99. The number of hydrogen-bond donors (Lipinski definition) is 1. The molecule has 0 amide bonds. The SMILES string of the molecule is CCc1ccc(Oc2cnc3ccc(Br)cc3n2)cc1C1=C(O)C2C3CCC(CC3)C2C1=O. The van der Waals surface area contributed by atoms with Gasteiger partial charge in [0.25, 0.3) is 0 Å². The van der Waals surface area contributed by atoms with Gasteiger partial charge >= 0.3 is 0 Å². The number of aliphatic hydroxyl groups is 1. The maximum atomic E-state index is 13.6. The second-order valence-electron chi connectivity index (χ2n) is 9.47. The van der Waals surface area contributed by atoms with Crippen molar-refractivity contribution in [2.45, 2.75) is 39.0 Å². The van der Waals surface area contributed by atoms with Gasteiger partial charge in [-0.2, -0.15) is 0 Å². The van der Waals surface area contributed by atoms with Crippen LogP contribution < -0.4 is 4.74 Å². The minimum Gasteiger partial charge on any atom is -0.511 e. The van der Waals surface area contributed by atoms with E-state index < -0.39 is 0 Å². The van der Waals surface area contributed by atoms with Crippen molar-refractivity contribution in [3.63, 3.8) is 0 Å². The summed E-state index contributed by atoms with van der Waals surface area (Å²) in [5.41, 5.74) is 3.87. The van der Waals surface area contributed by atoms with Crippen LogP contribution in [0, 0.1) is 23.7 Å². The van der Waals surface area contributed by atoms with Crippen molar-refractivity contribution in [2.24, 2.45) is 23.7 Å². The zero-order valence-corrected chi connectivity index (χ0v) is 20.0. The minimum absolute atomic E-state index is 0.000850. The fraction of sp³-hybridized carbons (Fsp3) is 0.370. The molecule has 2 atom stereocenters. The molecule has 3 aromatic rings. The average molecular weight is 505 g/mol. The van der Waals surface area contributed by atoms with Gasteiger partial charge in [0.05, 0.1) is 22.8 Å². The van der Waals surface area contributed by atoms with Gasteiger partial charge in [0, 0.05) is 16.3 Å². The van der Waals surface area contributed by atoms with Gasteiger partial charge in [0.2, 0.25) is 5.88 Å². The molecule has 1 N–H and O–H groups in total. The number of aliphatic hydroxyl groups excluding tert-OH is 1. The van der Waals surface area contributed by atoms with Crippen LogP contribution in [0.1, 0.15) is 43.7 Å². The van der Waals surface area contributed by atoms with Crippen LogP contribution in [0.25, 0.3) is 16.6 Å². The van der Waals surface area contributed by atoms with E-state index in [0.29, 0.717) is 34.8 Å². The number of nitrogens with zero attached hydrogens (tertiary/aromatic N) is 2. The number of allylic oxidation sites excluding steroid dienone is 2. The van der Waals surface area contributed by atoms with Crippen molar-refractivity contribution in [1.29, 1.82) is 0 Å². The highest BCUT2D eigenvalue weighted by atomic mass is 79.9. The second kappa shape index (κ2) is 7.94. The van der Waals surface area contributed by atoms with Crippen molar-refractivity contribution in [2.75, 3.05) is 0 Å². The number of carbonyl (C=O) groups excluding carboxylic acids is 1. The Bertz CT molecular complexity index is 1310.